The third-order valence-electron chi connectivity index (χ3n) is 5.02. The first-order valence-corrected chi connectivity index (χ1v) is 8.20. The van der Waals surface area contributed by atoms with Gasteiger partial charge < -0.3 is 4.74 Å². The lowest BCUT2D eigenvalue weighted by Gasteiger charge is -2.28. The molecular formula is C20H21F3O. The quantitative estimate of drug-likeness (QED) is 0.678. The first-order valence-electron chi connectivity index (χ1n) is 8.20. The topological polar surface area (TPSA) is 9.23 Å². The Balaban J connectivity index is 1.74. The molecule has 4 heteroatoms. The maximum absolute atomic E-state index is 12.7. The smallest absolute Gasteiger partial charge is 0.367 e. The van der Waals surface area contributed by atoms with E-state index in [9.17, 15) is 13.2 Å². The number of halogens is 3. The minimum atomic E-state index is -4.29. The second-order valence-corrected chi connectivity index (χ2v) is 6.70. The molecule has 2 aromatic carbocycles. The van der Waals surface area contributed by atoms with Crippen LogP contribution in [0, 0.1) is 0 Å². The summed E-state index contributed by atoms with van der Waals surface area (Å²) in [6.07, 6.45) is -2.48. The lowest BCUT2D eigenvalue weighted by molar-refractivity contribution is -0.137. The average molecular weight is 334 g/mol. The summed E-state index contributed by atoms with van der Waals surface area (Å²) in [6, 6.07) is 15.5. The van der Waals surface area contributed by atoms with E-state index in [4.69, 9.17) is 4.74 Å². The Hall–Kier alpha value is -1.81. The molecule has 0 aliphatic carbocycles. The number of alkyl halides is 3. The fraction of sp³-hybridized carbons (Fsp3) is 0.400. The SMILES string of the molecule is C[C@H](c1ccc(C(F)(F)F)cc1)[C@@H]1CC[C@@](C)(c2ccccc2)O1. The van der Waals surface area contributed by atoms with Crippen LogP contribution in [0.3, 0.4) is 0 Å². The number of rotatable bonds is 3. The van der Waals surface area contributed by atoms with Crippen LogP contribution in [-0.2, 0) is 16.5 Å². The van der Waals surface area contributed by atoms with Gasteiger partial charge in [0, 0.05) is 5.92 Å². The Morgan fingerprint density at radius 3 is 2.25 bits per heavy atom. The van der Waals surface area contributed by atoms with Gasteiger partial charge in [0.2, 0.25) is 0 Å². The first-order chi connectivity index (χ1) is 11.3. The van der Waals surface area contributed by atoms with Gasteiger partial charge in [0.15, 0.2) is 0 Å². The summed E-state index contributed by atoms with van der Waals surface area (Å²) in [5, 5.41) is 0. The molecule has 1 aliphatic rings. The molecule has 128 valence electrons. The Bertz CT molecular complexity index is 678. The van der Waals surface area contributed by atoms with Crippen LogP contribution >= 0.6 is 0 Å². The van der Waals surface area contributed by atoms with Crippen molar-refractivity contribution in [1.29, 1.82) is 0 Å². The molecule has 0 saturated carbocycles. The van der Waals surface area contributed by atoms with Crippen molar-refractivity contribution in [2.24, 2.45) is 0 Å². The van der Waals surface area contributed by atoms with Gasteiger partial charge in [0.05, 0.1) is 17.3 Å². The van der Waals surface area contributed by atoms with E-state index in [2.05, 4.69) is 19.1 Å². The van der Waals surface area contributed by atoms with Crippen molar-refractivity contribution in [2.45, 2.75) is 50.5 Å². The Labute approximate surface area is 140 Å². The molecule has 0 N–H and O–H groups in total. The maximum Gasteiger partial charge on any atom is 0.416 e. The molecule has 3 rings (SSSR count). The second-order valence-electron chi connectivity index (χ2n) is 6.70. The molecule has 0 spiro atoms. The minimum Gasteiger partial charge on any atom is -0.367 e. The molecular weight excluding hydrogens is 313 g/mol. The summed E-state index contributed by atoms with van der Waals surface area (Å²) in [5.41, 5.74) is 1.09. The molecule has 1 heterocycles. The number of hydrogen-bond donors (Lipinski definition) is 0. The van der Waals surface area contributed by atoms with Crippen molar-refractivity contribution >= 4 is 0 Å². The first kappa shape index (κ1) is 17.0. The Morgan fingerprint density at radius 2 is 1.67 bits per heavy atom. The molecule has 0 unspecified atom stereocenters. The molecule has 0 radical (unpaired) electrons. The van der Waals surface area contributed by atoms with Crippen molar-refractivity contribution in [3.63, 3.8) is 0 Å². The van der Waals surface area contributed by atoms with Gasteiger partial charge in [-0.15, -0.1) is 0 Å². The summed E-state index contributed by atoms with van der Waals surface area (Å²) in [5.74, 6) is 0.0535. The summed E-state index contributed by atoms with van der Waals surface area (Å²) in [6.45, 7) is 4.10. The van der Waals surface area contributed by atoms with Crippen molar-refractivity contribution < 1.29 is 17.9 Å². The largest absolute Gasteiger partial charge is 0.416 e. The van der Waals surface area contributed by atoms with Gasteiger partial charge in [-0.1, -0.05) is 49.4 Å². The maximum atomic E-state index is 12.7. The van der Waals surface area contributed by atoms with E-state index < -0.39 is 11.7 Å². The van der Waals surface area contributed by atoms with Crippen LogP contribution in [-0.4, -0.2) is 6.10 Å². The molecule has 1 saturated heterocycles. The van der Waals surface area contributed by atoms with Crippen LogP contribution in [0.1, 0.15) is 49.3 Å². The lowest BCUT2D eigenvalue weighted by Crippen LogP contribution is -2.24. The molecule has 0 amide bonds. The molecule has 0 aromatic heterocycles. The van der Waals surface area contributed by atoms with Crippen LogP contribution in [0.4, 0.5) is 13.2 Å². The van der Waals surface area contributed by atoms with E-state index in [1.54, 1.807) is 12.1 Å². The van der Waals surface area contributed by atoms with Crippen LogP contribution in [0.2, 0.25) is 0 Å². The van der Waals surface area contributed by atoms with E-state index in [0.717, 1.165) is 36.1 Å². The summed E-state index contributed by atoms with van der Waals surface area (Å²) in [4.78, 5) is 0. The van der Waals surface area contributed by atoms with Gasteiger partial charge in [-0.25, -0.2) is 0 Å². The van der Waals surface area contributed by atoms with E-state index in [1.807, 2.05) is 25.1 Å². The van der Waals surface area contributed by atoms with Crippen molar-refractivity contribution in [1.82, 2.24) is 0 Å². The number of ether oxygens (including phenoxy) is 1. The fourth-order valence-corrected chi connectivity index (χ4v) is 3.42. The van der Waals surface area contributed by atoms with Gasteiger partial charge in [-0.2, -0.15) is 13.2 Å². The fourth-order valence-electron chi connectivity index (χ4n) is 3.42. The second kappa shape index (κ2) is 6.25. The Kier molecular flexibility index (Phi) is 4.43. The zero-order chi connectivity index (χ0) is 17.4. The normalized spacial score (nSPS) is 25.6. The molecule has 1 aliphatic heterocycles. The van der Waals surface area contributed by atoms with Crippen molar-refractivity contribution in [3.8, 4) is 0 Å². The minimum absolute atomic E-state index is 0.00643. The zero-order valence-electron chi connectivity index (χ0n) is 13.8. The van der Waals surface area contributed by atoms with Crippen LogP contribution in [0.25, 0.3) is 0 Å². The standard InChI is InChI=1S/C20H21F3O/c1-14(15-8-10-17(11-9-15)20(21,22)23)18-12-13-19(2,24-18)16-6-4-3-5-7-16/h3-11,14,18H,12-13H2,1-2H3/t14-,18+,19+/m1/s1. The van der Waals surface area contributed by atoms with E-state index >= 15 is 0 Å². The summed E-state index contributed by atoms with van der Waals surface area (Å²) >= 11 is 0. The van der Waals surface area contributed by atoms with Gasteiger partial charge in [-0.3, -0.25) is 0 Å². The van der Waals surface area contributed by atoms with Gasteiger partial charge in [0.1, 0.15) is 0 Å². The molecule has 0 bridgehead atoms. The molecule has 1 fully saturated rings. The van der Waals surface area contributed by atoms with Crippen LogP contribution < -0.4 is 0 Å². The summed E-state index contributed by atoms with van der Waals surface area (Å²) in [7, 11) is 0. The monoisotopic (exact) mass is 334 g/mol. The number of benzene rings is 2. The highest BCUT2D eigenvalue weighted by Gasteiger charge is 2.40. The third kappa shape index (κ3) is 3.34. The van der Waals surface area contributed by atoms with E-state index in [-0.39, 0.29) is 17.6 Å². The molecule has 2 aromatic rings. The van der Waals surface area contributed by atoms with Gasteiger partial charge in [0.25, 0.3) is 0 Å². The highest BCUT2D eigenvalue weighted by Crippen LogP contribution is 2.43. The highest BCUT2D eigenvalue weighted by atomic mass is 19.4. The average Bonchev–Trinajstić information content (AvgIpc) is 2.98. The molecule has 3 atom stereocenters. The third-order valence-corrected chi connectivity index (χ3v) is 5.02. The summed E-state index contributed by atoms with van der Waals surface area (Å²) < 4.78 is 44.4. The number of hydrogen-bond acceptors (Lipinski definition) is 1. The van der Waals surface area contributed by atoms with E-state index in [1.165, 1.54) is 0 Å². The van der Waals surface area contributed by atoms with Crippen LogP contribution in [0.15, 0.2) is 54.6 Å². The zero-order valence-corrected chi connectivity index (χ0v) is 13.8. The lowest BCUT2D eigenvalue weighted by atomic mass is 9.90. The van der Waals surface area contributed by atoms with Crippen LogP contribution in [0.5, 0.6) is 0 Å². The Morgan fingerprint density at radius 1 is 1.04 bits per heavy atom. The molecule has 24 heavy (non-hydrogen) atoms. The predicted molar refractivity (Wildman–Crippen MR) is 87.8 cm³/mol. The van der Waals surface area contributed by atoms with Gasteiger partial charge >= 0.3 is 6.18 Å². The van der Waals surface area contributed by atoms with Crippen molar-refractivity contribution in [3.05, 3.63) is 71.3 Å². The predicted octanol–water partition coefficient (Wildman–Crippen LogP) is 5.90. The van der Waals surface area contributed by atoms with E-state index in [0.29, 0.717) is 0 Å². The highest BCUT2D eigenvalue weighted by molar-refractivity contribution is 5.28. The molecule has 1 nitrogen and oxygen atoms in total. The van der Waals surface area contributed by atoms with Gasteiger partial charge in [-0.05, 0) is 43.0 Å². The van der Waals surface area contributed by atoms with Crippen molar-refractivity contribution in [2.75, 3.05) is 0 Å².